The van der Waals surface area contributed by atoms with Gasteiger partial charge in [-0.2, -0.15) is 0 Å². The van der Waals surface area contributed by atoms with Gasteiger partial charge in [0.15, 0.2) is 11.5 Å². The second-order valence-corrected chi connectivity index (χ2v) is 7.58. The number of methoxy groups -OCH3 is 2. The fraction of sp³-hybridized carbons (Fsp3) is 0.136. The first kappa shape index (κ1) is 20.1. The van der Waals surface area contributed by atoms with Crippen LogP contribution in [0.2, 0.25) is 5.15 Å². The SMILES string of the molecule is COc1ccc(-c2nc(COC(=O)c3ccc4nc(Cl)ccc4c3)cs2)cc1OC. The van der Waals surface area contributed by atoms with E-state index >= 15 is 0 Å². The lowest BCUT2D eigenvalue weighted by Gasteiger charge is -2.08. The maximum absolute atomic E-state index is 12.4. The van der Waals surface area contributed by atoms with E-state index in [2.05, 4.69) is 9.97 Å². The zero-order valence-corrected chi connectivity index (χ0v) is 17.8. The molecule has 0 spiro atoms. The Morgan fingerprint density at radius 3 is 2.63 bits per heavy atom. The normalized spacial score (nSPS) is 10.8. The lowest BCUT2D eigenvalue weighted by Crippen LogP contribution is -2.05. The molecule has 4 aromatic rings. The predicted octanol–water partition coefficient (Wildman–Crippen LogP) is 5.39. The Kier molecular flexibility index (Phi) is 5.83. The van der Waals surface area contributed by atoms with Gasteiger partial charge in [-0.3, -0.25) is 0 Å². The molecule has 0 aliphatic rings. The van der Waals surface area contributed by atoms with Crippen LogP contribution in [0.4, 0.5) is 0 Å². The lowest BCUT2D eigenvalue weighted by atomic mass is 10.1. The van der Waals surface area contributed by atoms with Crippen molar-refractivity contribution >= 4 is 39.8 Å². The van der Waals surface area contributed by atoms with Crippen molar-refractivity contribution in [1.82, 2.24) is 9.97 Å². The molecule has 0 atom stereocenters. The van der Waals surface area contributed by atoms with Crippen molar-refractivity contribution in [2.24, 2.45) is 0 Å². The van der Waals surface area contributed by atoms with Gasteiger partial charge in [0.25, 0.3) is 0 Å². The van der Waals surface area contributed by atoms with Crippen LogP contribution < -0.4 is 9.47 Å². The number of benzene rings is 2. The number of ether oxygens (including phenoxy) is 3. The highest BCUT2D eigenvalue weighted by Crippen LogP contribution is 2.33. The molecule has 0 radical (unpaired) electrons. The van der Waals surface area contributed by atoms with Gasteiger partial charge >= 0.3 is 5.97 Å². The Hall–Kier alpha value is -3.16. The molecule has 2 heterocycles. The molecular weight excluding hydrogens is 424 g/mol. The second-order valence-electron chi connectivity index (χ2n) is 6.33. The molecule has 6 nitrogen and oxygen atoms in total. The number of nitrogens with zero attached hydrogens (tertiary/aromatic N) is 2. The Bertz CT molecular complexity index is 1220. The molecule has 2 aromatic carbocycles. The molecule has 152 valence electrons. The fourth-order valence-electron chi connectivity index (χ4n) is 2.93. The van der Waals surface area contributed by atoms with Gasteiger partial charge in [0.05, 0.1) is 31.0 Å². The van der Waals surface area contributed by atoms with E-state index in [1.165, 1.54) is 11.3 Å². The highest BCUT2D eigenvalue weighted by atomic mass is 35.5. The molecule has 0 amide bonds. The lowest BCUT2D eigenvalue weighted by molar-refractivity contribution is 0.0468. The third-order valence-electron chi connectivity index (χ3n) is 4.42. The number of carbonyl (C=O) groups is 1. The quantitative estimate of drug-likeness (QED) is 0.296. The molecule has 0 aliphatic carbocycles. The number of hydrogen-bond donors (Lipinski definition) is 0. The molecule has 0 bridgehead atoms. The number of esters is 1. The first-order valence-corrected chi connectivity index (χ1v) is 10.2. The van der Waals surface area contributed by atoms with E-state index in [1.54, 1.807) is 38.5 Å². The topological polar surface area (TPSA) is 70.5 Å². The van der Waals surface area contributed by atoms with Crippen LogP contribution in [-0.2, 0) is 11.3 Å². The summed E-state index contributed by atoms with van der Waals surface area (Å²) in [5.74, 6) is 0.859. The standard InChI is InChI=1S/C22H17ClN2O4S/c1-27-18-7-4-14(10-19(18)28-2)21-24-16(12-30-21)11-29-22(26)15-3-6-17-13(9-15)5-8-20(23)25-17/h3-10,12H,11H2,1-2H3. The van der Waals surface area contributed by atoms with Gasteiger partial charge in [0.1, 0.15) is 16.8 Å². The summed E-state index contributed by atoms with van der Waals surface area (Å²) in [6, 6.07) is 14.3. The number of fused-ring (bicyclic) bond motifs is 1. The Balaban J connectivity index is 1.45. The summed E-state index contributed by atoms with van der Waals surface area (Å²) in [5, 5.41) is 3.89. The molecule has 0 saturated heterocycles. The Morgan fingerprint density at radius 2 is 1.83 bits per heavy atom. The van der Waals surface area contributed by atoms with Crippen LogP contribution in [0.1, 0.15) is 16.1 Å². The Labute approximate surface area is 182 Å². The minimum absolute atomic E-state index is 0.0829. The average molecular weight is 441 g/mol. The van der Waals surface area contributed by atoms with E-state index in [0.717, 1.165) is 21.5 Å². The first-order valence-electron chi connectivity index (χ1n) is 8.97. The number of thiazole rings is 1. The van der Waals surface area contributed by atoms with Crippen LogP contribution in [0.5, 0.6) is 11.5 Å². The zero-order chi connectivity index (χ0) is 21.1. The number of aromatic nitrogens is 2. The summed E-state index contributed by atoms with van der Waals surface area (Å²) in [7, 11) is 3.18. The summed E-state index contributed by atoms with van der Waals surface area (Å²) >= 11 is 7.36. The van der Waals surface area contributed by atoms with Crippen molar-refractivity contribution < 1.29 is 19.0 Å². The van der Waals surface area contributed by atoms with Crippen molar-refractivity contribution in [2.75, 3.05) is 14.2 Å². The van der Waals surface area contributed by atoms with Crippen LogP contribution in [0, 0.1) is 0 Å². The summed E-state index contributed by atoms with van der Waals surface area (Å²) in [6.45, 7) is 0.0829. The van der Waals surface area contributed by atoms with Gasteiger partial charge in [0.2, 0.25) is 0 Å². The van der Waals surface area contributed by atoms with Gasteiger partial charge in [-0.15, -0.1) is 11.3 Å². The van der Waals surface area contributed by atoms with Gasteiger partial charge in [0, 0.05) is 16.3 Å². The van der Waals surface area contributed by atoms with Gasteiger partial charge in [-0.25, -0.2) is 14.8 Å². The van der Waals surface area contributed by atoms with Gasteiger partial charge in [-0.1, -0.05) is 11.6 Å². The third kappa shape index (κ3) is 4.22. The molecule has 8 heteroatoms. The molecular formula is C22H17ClN2O4S. The van der Waals surface area contributed by atoms with Crippen molar-refractivity contribution in [3.8, 4) is 22.1 Å². The van der Waals surface area contributed by atoms with Crippen LogP contribution >= 0.6 is 22.9 Å². The summed E-state index contributed by atoms with van der Waals surface area (Å²) < 4.78 is 16.0. The van der Waals surface area contributed by atoms with E-state index in [4.69, 9.17) is 25.8 Å². The predicted molar refractivity (Wildman–Crippen MR) is 117 cm³/mol. The zero-order valence-electron chi connectivity index (χ0n) is 16.2. The minimum atomic E-state index is -0.424. The highest BCUT2D eigenvalue weighted by Gasteiger charge is 2.13. The number of hydrogen-bond acceptors (Lipinski definition) is 7. The van der Waals surface area contributed by atoms with Gasteiger partial charge < -0.3 is 14.2 Å². The smallest absolute Gasteiger partial charge is 0.338 e. The maximum atomic E-state index is 12.4. The van der Waals surface area contributed by atoms with Crippen molar-refractivity contribution in [2.45, 2.75) is 6.61 Å². The van der Waals surface area contributed by atoms with E-state index in [1.807, 2.05) is 29.6 Å². The van der Waals surface area contributed by atoms with Crippen LogP contribution in [0.25, 0.3) is 21.5 Å². The van der Waals surface area contributed by atoms with Crippen molar-refractivity contribution in [3.63, 3.8) is 0 Å². The molecule has 2 aromatic heterocycles. The van der Waals surface area contributed by atoms with E-state index < -0.39 is 5.97 Å². The minimum Gasteiger partial charge on any atom is -0.493 e. The molecule has 4 rings (SSSR count). The molecule has 0 N–H and O–H groups in total. The molecule has 0 unspecified atom stereocenters. The van der Waals surface area contributed by atoms with Crippen molar-refractivity contribution in [3.05, 3.63) is 70.3 Å². The monoisotopic (exact) mass is 440 g/mol. The molecule has 0 saturated carbocycles. The third-order valence-corrected chi connectivity index (χ3v) is 5.57. The largest absolute Gasteiger partial charge is 0.493 e. The number of rotatable bonds is 6. The fourth-order valence-corrected chi connectivity index (χ4v) is 3.88. The first-order chi connectivity index (χ1) is 14.6. The highest BCUT2D eigenvalue weighted by molar-refractivity contribution is 7.13. The summed E-state index contributed by atoms with van der Waals surface area (Å²) in [6.07, 6.45) is 0. The maximum Gasteiger partial charge on any atom is 0.338 e. The van der Waals surface area contributed by atoms with Crippen LogP contribution in [0.3, 0.4) is 0 Å². The number of halogens is 1. The molecule has 30 heavy (non-hydrogen) atoms. The van der Waals surface area contributed by atoms with E-state index in [9.17, 15) is 4.79 Å². The Morgan fingerprint density at radius 1 is 1.00 bits per heavy atom. The van der Waals surface area contributed by atoms with Crippen molar-refractivity contribution in [1.29, 1.82) is 0 Å². The van der Waals surface area contributed by atoms with E-state index in [-0.39, 0.29) is 6.61 Å². The summed E-state index contributed by atoms with van der Waals surface area (Å²) in [5.41, 5.74) is 2.74. The van der Waals surface area contributed by atoms with Crippen LogP contribution in [0.15, 0.2) is 53.9 Å². The number of carbonyl (C=O) groups excluding carboxylic acids is 1. The van der Waals surface area contributed by atoms with E-state index in [0.29, 0.717) is 27.9 Å². The molecule has 0 fully saturated rings. The summed E-state index contributed by atoms with van der Waals surface area (Å²) in [4.78, 5) is 21.2. The number of pyridine rings is 1. The second kappa shape index (κ2) is 8.69. The average Bonchev–Trinajstić information content (AvgIpc) is 3.25. The van der Waals surface area contributed by atoms with Gasteiger partial charge in [-0.05, 0) is 48.5 Å². The molecule has 0 aliphatic heterocycles. The van der Waals surface area contributed by atoms with Crippen LogP contribution in [-0.4, -0.2) is 30.2 Å².